The Morgan fingerprint density at radius 3 is 2.71 bits per heavy atom. The molecule has 0 saturated carbocycles. The van der Waals surface area contributed by atoms with Crippen LogP contribution in [-0.4, -0.2) is 30.9 Å². The normalized spacial score (nSPS) is 17.8. The smallest absolute Gasteiger partial charge is 0.248 e. The van der Waals surface area contributed by atoms with Crippen molar-refractivity contribution in [1.82, 2.24) is 10.1 Å². The molecule has 0 radical (unpaired) electrons. The molecular formula is C16H22N4O3S. The van der Waals surface area contributed by atoms with Crippen LogP contribution in [0.4, 0.5) is 11.4 Å². The molecule has 3 rings (SSSR count). The van der Waals surface area contributed by atoms with Crippen LogP contribution >= 0.6 is 0 Å². The van der Waals surface area contributed by atoms with Gasteiger partial charge in [-0.15, -0.1) is 0 Å². The van der Waals surface area contributed by atoms with Gasteiger partial charge in [-0.05, 0) is 44.0 Å². The number of nitrogens with zero attached hydrogens (tertiary/aromatic N) is 3. The van der Waals surface area contributed by atoms with E-state index in [1.807, 2.05) is 31.2 Å². The minimum atomic E-state index is -3.14. The molecule has 2 heterocycles. The summed E-state index contributed by atoms with van der Waals surface area (Å²) in [4.78, 5) is 4.37. The Morgan fingerprint density at radius 2 is 2.08 bits per heavy atom. The van der Waals surface area contributed by atoms with Crippen LogP contribution in [0.25, 0.3) is 0 Å². The summed E-state index contributed by atoms with van der Waals surface area (Å²) in [5.41, 5.74) is 1.58. The topological polar surface area (TPSA) is 88.3 Å². The molecule has 0 amide bonds. The molecule has 1 aliphatic heterocycles. The Morgan fingerprint density at radius 1 is 1.33 bits per heavy atom. The van der Waals surface area contributed by atoms with Crippen LogP contribution < -0.4 is 9.62 Å². The van der Waals surface area contributed by atoms with Crippen molar-refractivity contribution in [3.8, 4) is 0 Å². The summed E-state index contributed by atoms with van der Waals surface area (Å²) in [6.07, 6.45) is 2.45. The predicted octanol–water partition coefficient (Wildman–Crippen LogP) is 2.74. The molecule has 1 aromatic heterocycles. The SMILES string of the molecule is CCCc1noc([C@H](C)Nc2ccc(N3CCCS3(=O)=O)cc2)n1. The van der Waals surface area contributed by atoms with E-state index < -0.39 is 10.0 Å². The number of rotatable bonds is 6. The maximum Gasteiger partial charge on any atom is 0.248 e. The number of aryl methyl sites for hydroxylation is 1. The fraction of sp³-hybridized carbons (Fsp3) is 0.500. The van der Waals surface area contributed by atoms with Gasteiger partial charge >= 0.3 is 0 Å². The summed E-state index contributed by atoms with van der Waals surface area (Å²) in [6, 6.07) is 7.23. The van der Waals surface area contributed by atoms with Crippen LogP contribution in [0.15, 0.2) is 28.8 Å². The van der Waals surface area contributed by atoms with Crippen molar-refractivity contribution in [2.24, 2.45) is 0 Å². The van der Waals surface area contributed by atoms with Crippen molar-refractivity contribution in [2.75, 3.05) is 21.9 Å². The molecule has 2 aromatic rings. The van der Waals surface area contributed by atoms with Gasteiger partial charge in [-0.2, -0.15) is 4.98 Å². The number of anilines is 2. The first-order chi connectivity index (χ1) is 11.5. The molecule has 0 spiro atoms. The molecule has 24 heavy (non-hydrogen) atoms. The lowest BCUT2D eigenvalue weighted by Gasteiger charge is -2.18. The summed E-state index contributed by atoms with van der Waals surface area (Å²) in [5.74, 6) is 1.49. The van der Waals surface area contributed by atoms with Crippen molar-refractivity contribution in [3.63, 3.8) is 0 Å². The molecule has 1 aromatic carbocycles. The number of aromatic nitrogens is 2. The number of hydrogen-bond acceptors (Lipinski definition) is 6. The highest BCUT2D eigenvalue weighted by Gasteiger charge is 2.28. The van der Waals surface area contributed by atoms with Gasteiger partial charge in [0.05, 0.1) is 11.4 Å². The van der Waals surface area contributed by atoms with Crippen LogP contribution in [0.2, 0.25) is 0 Å². The number of benzene rings is 1. The summed E-state index contributed by atoms with van der Waals surface area (Å²) >= 11 is 0. The maximum atomic E-state index is 11.9. The Labute approximate surface area is 142 Å². The molecule has 1 atom stereocenters. The first kappa shape index (κ1) is 16.8. The van der Waals surface area contributed by atoms with Crippen LogP contribution in [0.5, 0.6) is 0 Å². The Hall–Kier alpha value is -2.09. The van der Waals surface area contributed by atoms with E-state index in [-0.39, 0.29) is 11.8 Å². The quantitative estimate of drug-likeness (QED) is 0.862. The van der Waals surface area contributed by atoms with Crippen LogP contribution in [0.3, 0.4) is 0 Å². The summed E-state index contributed by atoms with van der Waals surface area (Å²) < 4.78 is 30.6. The third-order valence-corrected chi connectivity index (χ3v) is 5.84. The third-order valence-electron chi connectivity index (χ3n) is 3.97. The minimum absolute atomic E-state index is 0.121. The van der Waals surface area contributed by atoms with Gasteiger partial charge in [-0.3, -0.25) is 4.31 Å². The van der Waals surface area contributed by atoms with Crippen molar-refractivity contribution >= 4 is 21.4 Å². The van der Waals surface area contributed by atoms with Gasteiger partial charge in [-0.25, -0.2) is 8.42 Å². The molecule has 1 aliphatic rings. The first-order valence-electron chi connectivity index (χ1n) is 8.19. The summed E-state index contributed by atoms with van der Waals surface area (Å²) in [5, 5.41) is 7.24. The van der Waals surface area contributed by atoms with Gasteiger partial charge in [0.1, 0.15) is 6.04 Å². The molecule has 0 unspecified atom stereocenters. The summed E-state index contributed by atoms with van der Waals surface area (Å²) in [6.45, 7) is 4.57. The fourth-order valence-corrected chi connectivity index (χ4v) is 4.30. The number of nitrogens with one attached hydrogen (secondary N) is 1. The van der Waals surface area contributed by atoms with E-state index in [1.165, 1.54) is 4.31 Å². The highest BCUT2D eigenvalue weighted by Crippen LogP contribution is 2.26. The lowest BCUT2D eigenvalue weighted by atomic mass is 10.2. The van der Waals surface area contributed by atoms with Crippen LogP contribution in [0, 0.1) is 0 Å². The van der Waals surface area contributed by atoms with Crippen molar-refractivity contribution < 1.29 is 12.9 Å². The average Bonchev–Trinajstić information content (AvgIpc) is 3.15. The lowest BCUT2D eigenvalue weighted by molar-refractivity contribution is 0.362. The zero-order valence-corrected chi connectivity index (χ0v) is 14.7. The third kappa shape index (κ3) is 3.53. The maximum absolute atomic E-state index is 11.9. The zero-order valence-electron chi connectivity index (χ0n) is 13.9. The zero-order chi connectivity index (χ0) is 17.2. The number of sulfonamides is 1. The molecule has 8 heteroatoms. The molecular weight excluding hydrogens is 328 g/mol. The van der Waals surface area contributed by atoms with E-state index in [0.717, 1.165) is 24.4 Å². The van der Waals surface area contributed by atoms with Gasteiger partial charge in [0.25, 0.3) is 0 Å². The van der Waals surface area contributed by atoms with Crippen LogP contribution in [0.1, 0.15) is 44.4 Å². The van der Waals surface area contributed by atoms with E-state index in [0.29, 0.717) is 24.5 Å². The van der Waals surface area contributed by atoms with E-state index in [9.17, 15) is 8.42 Å². The first-order valence-corrected chi connectivity index (χ1v) is 9.80. The Kier molecular flexibility index (Phi) is 4.75. The van der Waals surface area contributed by atoms with E-state index in [2.05, 4.69) is 22.4 Å². The van der Waals surface area contributed by atoms with Crippen molar-refractivity contribution in [1.29, 1.82) is 0 Å². The van der Waals surface area contributed by atoms with Gasteiger partial charge in [0.15, 0.2) is 5.82 Å². The second-order valence-corrected chi connectivity index (χ2v) is 7.97. The largest absolute Gasteiger partial charge is 0.374 e. The highest BCUT2D eigenvalue weighted by molar-refractivity contribution is 7.93. The monoisotopic (exact) mass is 350 g/mol. The van der Waals surface area contributed by atoms with E-state index in [1.54, 1.807) is 0 Å². The molecule has 1 N–H and O–H groups in total. The average molecular weight is 350 g/mol. The van der Waals surface area contributed by atoms with Gasteiger partial charge in [0, 0.05) is 18.7 Å². The van der Waals surface area contributed by atoms with E-state index >= 15 is 0 Å². The molecule has 1 saturated heterocycles. The number of hydrogen-bond donors (Lipinski definition) is 1. The second-order valence-electron chi connectivity index (χ2n) is 5.95. The Bertz CT molecular complexity index is 786. The molecule has 1 fully saturated rings. The fourth-order valence-electron chi connectivity index (χ4n) is 2.73. The van der Waals surface area contributed by atoms with E-state index in [4.69, 9.17) is 4.52 Å². The minimum Gasteiger partial charge on any atom is -0.374 e. The standard InChI is InChI=1S/C16H22N4O3S/c1-3-5-15-18-16(23-19-15)12(2)17-13-6-8-14(9-7-13)20-10-4-11-24(20,21)22/h6-9,12,17H,3-5,10-11H2,1-2H3/t12-/m0/s1. The predicted molar refractivity (Wildman–Crippen MR) is 92.5 cm³/mol. The second kappa shape index (κ2) is 6.80. The van der Waals surface area contributed by atoms with Gasteiger partial charge in [-0.1, -0.05) is 12.1 Å². The van der Waals surface area contributed by atoms with Crippen molar-refractivity contribution in [3.05, 3.63) is 36.0 Å². The lowest BCUT2D eigenvalue weighted by Crippen LogP contribution is -2.24. The van der Waals surface area contributed by atoms with Crippen LogP contribution in [-0.2, 0) is 16.4 Å². The summed E-state index contributed by atoms with van der Waals surface area (Å²) in [7, 11) is -3.14. The molecule has 0 bridgehead atoms. The van der Waals surface area contributed by atoms with Gasteiger partial charge < -0.3 is 9.84 Å². The molecule has 0 aliphatic carbocycles. The molecule has 7 nitrogen and oxygen atoms in total. The highest BCUT2D eigenvalue weighted by atomic mass is 32.2. The van der Waals surface area contributed by atoms with Crippen molar-refractivity contribution in [2.45, 2.75) is 39.2 Å². The Balaban J connectivity index is 1.67. The van der Waals surface area contributed by atoms with Gasteiger partial charge in [0.2, 0.25) is 15.9 Å². The molecule has 130 valence electrons.